The molecule has 1 fully saturated rings. The van der Waals surface area contributed by atoms with Crippen molar-refractivity contribution >= 4 is 0 Å². The van der Waals surface area contributed by atoms with Gasteiger partial charge < -0.3 is 0 Å². The van der Waals surface area contributed by atoms with Gasteiger partial charge in [0.25, 0.3) is 5.92 Å². The lowest BCUT2D eigenvalue weighted by molar-refractivity contribution is 0.0820. The lowest BCUT2D eigenvalue weighted by atomic mass is 10.1. The van der Waals surface area contributed by atoms with E-state index in [0.29, 0.717) is 12.8 Å². The van der Waals surface area contributed by atoms with E-state index in [2.05, 4.69) is 0 Å². The highest BCUT2D eigenvalue weighted by atomic mass is 19.3. The summed E-state index contributed by atoms with van der Waals surface area (Å²) >= 11 is 0. The Morgan fingerprint density at radius 2 is 1.45 bits per heavy atom. The molecule has 0 saturated heterocycles. The molecule has 0 aliphatic heterocycles. The van der Waals surface area contributed by atoms with Crippen LogP contribution >= 0.6 is 0 Å². The molecular weight excluding hydrogens is 146 g/mol. The maximum Gasteiger partial charge on any atom is 0.254 e. The van der Waals surface area contributed by atoms with Crippen LogP contribution in [0.4, 0.5) is 8.78 Å². The van der Waals surface area contributed by atoms with Gasteiger partial charge in [0, 0.05) is 11.8 Å². The molecule has 0 amide bonds. The van der Waals surface area contributed by atoms with Crippen LogP contribution in [0.15, 0.2) is 12.2 Å². The molecule has 0 radical (unpaired) electrons. The molecule has 0 heterocycles. The molecule has 2 aliphatic rings. The molecule has 1 saturated carbocycles. The summed E-state index contributed by atoms with van der Waals surface area (Å²) in [4.78, 5) is 0. The summed E-state index contributed by atoms with van der Waals surface area (Å²) in [6, 6.07) is 0. The van der Waals surface area contributed by atoms with Crippen LogP contribution in [0.5, 0.6) is 0 Å². The van der Waals surface area contributed by atoms with Crippen LogP contribution in [0.25, 0.3) is 0 Å². The average molecular weight is 158 g/mol. The van der Waals surface area contributed by atoms with Gasteiger partial charge in [-0.05, 0) is 25.7 Å². The third kappa shape index (κ3) is 1.09. The highest BCUT2D eigenvalue weighted by Gasteiger charge is 2.66. The van der Waals surface area contributed by atoms with E-state index in [1.165, 1.54) is 0 Å². The molecule has 0 aromatic carbocycles. The molecule has 0 aromatic heterocycles. The van der Waals surface area contributed by atoms with Crippen molar-refractivity contribution in [1.29, 1.82) is 0 Å². The first-order chi connectivity index (χ1) is 5.23. The Bertz CT molecular complexity index is 166. The first-order valence-corrected chi connectivity index (χ1v) is 4.25. The standard InChI is InChI=1S/C9H12F2/c10-9(11)7-5-3-1-2-4-6-8(7)9/h1-2,7-8H,3-6H2. The van der Waals surface area contributed by atoms with Crippen LogP contribution in [-0.4, -0.2) is 5.92 Å². The van der Waals surface area contributed by atoms with E-state index in [9.17, 15) is 8.78 Å². The van der Waals surface area contributed by atoms with Crippen LogP contribution in [0, 0.1) is 11.8 Å². The predicted octanol–water partition coefficient (Wildman–Crippen LogP) is 3.00. The van der Waals surface area contributed by atoms with Gasteiger partial charge in [0.2, 0.25) is 0 Å². The van der Waals surface area contributed by atoms with Crippen molar-refractivity contribution < 1.29 is 8.78 Å². The van der Waals surface area contributed by atoms with Gasteiger partial charge >= 0.3 is 0 Å². The molecule has 2 unspecified atom stereocenters. The number of allylic oxidation sites excluding steroid dienone is 2. The predicted molar refractivity (Wildman–Crippen MR) is 39.5 cm³/mol. The van der Waals surface area contributed by atoms with E-state index in [1.807, 2.05) is 12.2 Å². The highest BCUT2D eigenvalue weighted by molar-refractivity contribution is 5.07. The van der Waals surface area contributed by atoms with Crippen molar-refractivity contribution in [1.82, 2.24) is 0 Å². The highest BCUT2D eigenvalue weighted by Crippen LogP contribution is 2.60. The van der Waals surface area contributed by atoms with E-state index < -0.39 is 5.92 Å². The largest absolute Gasteiger partial charge is 0.254 e. The zero-order valence-electron chi connectivity index (χ0n) is 6.39. The smallest absolute Gasteiger partial charge is 0.206 e. The summed E-state index contributed by atoms with van der Waals surface area (Å²) in [5, 5.41) is 0. The van der Waals surface area contributed by atoms with Gasteiger partial charge in [0.1, 0.15) is 0 Å². The second kappa shape index (κ2) is 2.29. The van der Waals surface area contributed by atoms with Crippen molar-refractivity contribution in [3.63, 3.8) is 0 Å². The maximum atomic E-state index is 12.8. The second-order valence-corrected chi connectivity index (χ2v) is 3.51. The summed E-state index contributed by atoms with van der Waals surface area (Å²) in [6.45, 7) is 0. The molecule has 2 aliphatic carbocycles. The third-order valence-electron chi connectivity index (χ3n) is 2.82. The fourth-order valence-electron chi connectivity index (χ4n) is 2.04. The molecule has 0 nitrogen and oxygen atoms in total. The van der Waals surface area contributed by atoms with Gasteiger partial charge in [-0.25, -0.2) is 8.78 Å². The number of hydrogen-bond donors (Lipinski definition) is 0. The minimum absolute atomic E-state index is 0.285. The van der Waals surface area contributed by atoms with E-state index >= 15 is 0 Å². The van der Waals surface area contributed by atoms with E-state index in [4.69, 9.17) is 0 Å². The van der Waals surface area contributed by atoms with Crippen molar-refractivity contribution in [3.05, 3.63) is 12.2 Å². The van der Waals surface area contributed by atoms with Crippen LogP contribution in [0.3, 0.4) is 0 Å². The summed E-state index contributed by atoms with van der Waals surface area (Å²) in [6.07, 6.45) is 7.13. The molecule has 2 atom stereocenters. The van der Waals surface area contributed by atoms with E-state index in [0.717, 1.165) is 12.8 Å². The summed E-state index contributed by atoms with van der Waals surface area (Å²) in [5.41, 5.74) is 0. The van der Waals surface area contributed by atoms with Gasteiger partial charge in [-0.3, -0.25) is 0 Å². The van der Waals surface area contributed by atoms with E-state index in [1.54, 1.807) is 0 Å². The first-order valence-electron chi connectivity index (χ1n) is 4.25. The zero-order valence-corrected chi connectivity index (χ0v) is 6.39. The number of fused-ring (bicyclic) bond motifs is 1. The third-order valence-corrected chi connectivity index (χ3v) is 2.82. The Morgan fingerprint density at radius 1 is 1.00 bits per heavy atom. The van der Waals surface area contributed by atoms with Gasteiger partial charge in [-0.15, -0.1) is 0 Å². The monoisotopic (exact) mass is 158 g/mol. The molecule has 2 heteroatoms. The van der Waals surface area contributed by atoms with Crippen molar-refractivity contribution in [2.45, 2.75) is 31.6 Å². The van der Waals surface area contributed by atoms with Gasteiger partial charge in [-0.2, -0.15) is 0 Å². The van der Waals surface area contributed by atoms with Crippen molar-refractivity contribution in [3.8, 4) is 0 Å². The number of alkyl halides is 2. The lowest BCUT2D eigenvalue weighted by Gasteiger charge is -1.97. The molecule has 0 bridgehead atoms. The first kappa shape index (κ1) is 7.26. The SMILES string of the molecule is FC1(F)C2CCC=CCCC21. The maximum absolute atomic E-state index is 12.8. The van der Waals surface area contributed by atoms with Gasteiger partial charge in [0.05, 0.1) is 0 Å². The Hall–Kier alpha value is -0.400. The fraction of sp³-hybridized carbons (Fsp3) is 0.778. The Morgan fingerprint density at radius 3 is 1.91 bits per heavy atom. The second-order valence-electron chi connectivity index (χ2n) is 3.51. The van der Waals surface area contributed by atoms with Crippen LogP contribution in [0.1, 0.15) is 25.7 Å². The Kier molecular flexibility index (Phi) is 1.51. The molecule has 0 aromatic rings. The summed E-state index contributed by atoms with van der Waals surface area (Å²) in [5.74, 6) is -2.88. The Balaban J connectivity index is 2.02. The quantitative estimate of drug-likeness (QED) is 0.475. The van der Waals surface area contributed by atoms with Crippen molar-refractivity contribution in [2.24, 2.45) is 11.8 Å². The molecule has 0 spiro atoms. The van der Waals surface area contributed by atoms with Crippen LogP contribution in [0.2, 0.25) is 0 Å². The lowest BCUT2D eigenvalue weighted by Crippen LogP contribution is -1.93. The molecule has 2 rings (SSSR count). The minimum atomic E-state index is -2.31. The van der Waals surface area contributed by atoms with Crippen LogP contribution < -0.4 is 0 Å². The zero-order chi connectivity index (χ0) is 7.90. The van der Waals surface area contributed by atoms with E-state index in [-0.39, 0.29) is 11.8 Å². The topological polar surface area (TPSA) is 0 Å². The van der Waals surface area contributed by atoms with Crippen molar-refractivity contribution in [2.75, 3.05) is 0 Å². The van der Waals surface area contributed by atoms with Crippen LogP contribution in [-0.2, 0) is 0 Å². The molecule has 0 N–H and O–H groups in total. The normalized spacial score (nSPS) is 40.5. The molecule has 11 heavy (non-hydrogen) atoms. The molecule has 62 valence electrons. The minimum Gasteiger partial charge on any atom is -0.206 e. The number of rotatable bonds is 0. The van der Waals surface area contributed by atoms with Gasteiger partial charge in [-0.1, -0.05) is 12.2 Å². The fourth-order valence-corrected chi connectivity index (χ4v) is 2.04. The Labute approximate surface area is 65.3 Å². The summed E-state index contributed by atoms with van der Waals surface area (Å²) < 4.78 is 25.7. The van der Waals surface area contributed by atoms with Gasteiger partial charge in [0.15, 0.2) is 0 Å². The average Bonchev–Trinajstić information content (AvgIpc) is 2.29. The molecular formula is C9H12F2. The summed E-state index contributed by atoms with van der Waals surface area (Å²) in [7, 11) is 0. The number of hydrogen-bond acceptors (Lipinski definition) is 0. The number of halogens is 2.